The molecule has 0 bridgehead atoms. The summed E-state index contributed by atoms with van der Waals surface area (Å²) in [5.41, 5.74) is 2.35. The Morgan fingerprint density at radius 1 is 1.27 bits per heavy atom. The monoisotopic (exact) mass is 295 g/mol. The van der Waals surface area contributed by atoms with Crippen molar-refractivity contribution in [3.8, 4) is 0 Å². The summed E-state index contributed by atoms with van der Waals surface area (Å²) < 4.78 is 0. The van der Waals surface area contributed by atoms with Crippen molar-refractivity contribution in [3.05, 3.63) is 65.5 Å². The van der Waals surface area contributed by atoms with E-state index in [1.54, 1.807) is 23.2 Å². The van der Waals surface area contributed by atoms with Crippen LogP contribution < -0.4 is 5.32 Å². The third kappa shape index (κ3) is 2.57. The molecule has 112 valence electrons. The van der Waals surface area contributed by atoms with Gasteiger partial charge in [0.25, 0.3) is 5.91 Å². The normalized spacial score (nSPS) is 18.0. The van der Waals surface area contributed by atoms with E-state index >= 15 is 0 Å². The highest BCUT2D eigenvalue weighted by molar-refractivity contribution is 5.98. The minimum absolute atomic E-state index is 0.141. The average Bonchev–Trinajstić information content (AvgIpc) is 2.56. The zero-order chi connectivity index (χ0) is 15.5. The summed E-state index contributed by atoms with van der Waals surface area (Å²) in [6.45, 7) is 2.90. The number of aryl methyl sites for hydroxylation is 1. The van der Waals surface area contributed by atoms with E-state index in [0.717, 1.165) is 11.1 Å². The van der Waals surface area contributed by atoms with Crippen molar-refractivity contribution < 1.29 is 9.59 Å². The van der Waals surface area contributed by atoms with Crippen molar-refractivity contribution in [2.24, 2.45) is 0 Å². The van der Waals surface area contributed by atoms with Crippen LogP contribution >= 0.6 is 0 Å². The molecule has 1 atom stereocenters. The molecule has 1 aliphatic rings. The largest absolute Gasteiger partial charge is 0.352 e. The van der Waals surface area contributed by atoms with Crippen LogP contribution in [0.15, 0.2) is 48.8 Å². The molecule has 2 amide bonds. The van der Waals surface area contributed by atoms with Crippen LogP contribution in [0.2, 0.25) is 0 Å². The molecule has 3 rings (SSSR count). The quantitative estimate of drug-likeness (QED) is 0.917. The topological polar surface area (TPSA) is 62.3 Å². The number of benzene rings is 1. The first kappa shape index (κ1) is 14.3. The number of aromatic nitrogens is 1. The molecular formula is C17H17N3O2. The Balaban J connectivity index is 1.99. The number of hydrogen-bond acceptors (Lipinski definition) is 3. The Kier molecular flexibility index (Phi) is 3.87. The molecule has 1 aliphatic heterocycles. The van der Waals surface area contributed by atoms with Crippen LogP contribution in [0.5, 0.6) is 0 Å². The molecule has 5 heteroatoms. The second kappa shape index (κ2) is 5.97. The van der Waals surface area contributed by atoms with Gasteiger partial charge in [-0.15, -0.1) is 0 Å². The number of rotatable bonds is 2. The lowest BCUT2D eigenvalue weighted by atomic mass is 9.97. The van der Waals surface area contributed by atoms with E-state index < -0.39 is 6.04 Å². The predicted octanol–water partition coefficient (Wildman–Crippen LogP) is 1.70. The molecule has 1 saturated heterocycles. The van der Waals surface area contributed by atoms with Crippen molar-refractivity contribution in [2.45, 2.75) is 13.0 Å². The number of hydrogen-bond donors (Lipinski definition) is 1. The fraction of sp³-hybridized carbons (Fsp3) is 0.235. The van der Waals surface area contributed by atoms with Crippen LogP contribution in [0.25, 0.3) is 0 Å². The van der Waals surface area contributed by atoms with E-state index in [2.05, 4.69) is 10.3 Å². The molecule has 1 N–H and O–H groups in total. The molecule has 0 aliphatic carbocycles. The Morgan fingerprint density at radius 2 is 2.09 bits per heavy atom. The molecule has 2 aromatic rings. The molecule has 1 aromatic carbocycles. The van der Waals surface area contributed by atoms with Gasteiger partial charge in [-0.1, -0.05) is 24.3 Å². The third-order valence-electron chi connectivity index (χ3n) is 3.86. The molecule has 2 heterocycles. The molecule has 5 nitrogen and oxygen atoms in total. The molecular weight excluding hydrogens is 278 g/mol. The van der Waals surface area contributed by atoms with Crippen molar-refractivity contribution in [3.63, 3.8) is 0 Å². The zero-order valence-corrected chi connectivity index (χ0v) is 12.3. The smallest absolute Gasteiger partial charge is 0.256 e. The third-order valence-corrected chi connectivity index (χ3v) is 3.86. The van der Waals surface area contributed by atoms with Gasteiger partial charge in [0.2, 0.25) is 5.91 Å². The van der Waals surface area contributed by atoms with Gasteiger partial charge in [0.05, 0.1) is 5.56 Å². The fourth-order valence-corrected chi connectivity index (χ4v) is 2.74. The second-order valence-corrected chi connectivity index (χ2v) is 5.29. The minimum Gasteiger partial charge on any atom is -0.352 e. The maximum Gasteiger partial charge on any atom is 0.256 e. The first-order chi connectivity index (χ1) is 10.7. The second-order valence-electron chi connectivity index (χ2n) is 5.29. The summed E-state index contributed by atoms with van der Waals surface area (Å²) in [4.78, 5) is 30.7. The van der Waals surface area contributed by atoms with Crippen LogP contribution in [0.3, 0.4) is 0 Å². The van der Waals surface area contributed by atoms with E-state index in [0.29, 0.717) is 18.7 Å². The van der Waals surface area contributed by atoms with Crippen LogP contribution in [0.1, 0.15) is 27.5 Å². The van der Waals surface area contributed by atoms with Crippen molar-refractivity contribution in [1.82, 2.24) is 15.2 Å². The van der Waals surface area contributed by atoms with E-state index in [1.165, 1.54) is 6.20 Å². The Labute approximate surface area is 129 Å². The average molecular weight is 295 g/mol. The Morgan fingerprint density at radius 3 is 2.82 bits per heavy atom. The minimum atomic E-state index is -0.595. The zero-order valence-electron chi connectivity index (χ0n) is 12.3. The Bertz CT molecular complexity index is 700. The van der Waals surface area contributed by atoms with E-state index in [9.17, 15) is 9.59 Å². The van der Waals surface area contributed by atoms with Crippen LogP contribution in [0, 0.1) is 6.92 Å². The van der Waals surface area contributed by atoms with E-state index in [1.807, 2.05) is 31.2 Å². The van der Waals surface area contributed by atoms with Crippen LogP contribution in [-0.2, 0) is 4.79 Å². The molecule has 0 spiro atoms. The summed E-state index contributed by atoms with van der Waals surface area (Å²) in [6, 6.07) is 10.5. The van der Waals surface area contributed by atoms with Crippen LogP contribution in [-0.4, -0.2) is 34.8 Å². The number of pyridine rings is 1. The highest BCUT2D eigenvalue weighted by Crippen LogP contribution is 2.27. The first-order valence-corrected chi connectivity index (χ1v) is 7.22. The highest BCUT2D eigenvalue weighted by Gasteiger charge is 2.35. The van der Waals surface area contributed by atoms with Gasteiger partial charge in [-0.05, 0) is 30.2 Å². The summed E-state index contributed by atoms with van der Waals surface area (Å²) in [6.07, 6.45) is 3.16. The van der Waals surface area contributed by atoms with Gasteiger partial charge in [-0.3, -0.25) is 14.6 Å². The molecule has 0 saturated carbocycles. The SMILES string of the molecule is Cc1ccccc1[C@@H]1C(=O)NCCN1C(=O)c1cccnc1. The predicted molar refractivity (Wildman–Crippen MR) is 82.2 cm³/mol. The number of piperazine rings is 1. The highest BCUT2D eigenvalue weighted by atomic mass is 16.2. The number of amides is 2. The maximum absolute atomic E-state index is 12.7. The summed E-state index contributed by atoms with van der Waals surface area (Å²) >= 11 is 0. The first-order valence-electron chi connectivity index (χ1n) is 7.22. The number of nitrogens with one attached hydrogen (secondary N) is 1. The van der Waals surface area contributed by atoms with Crippen molar-refractivity contribution >= 4 is 11.8 Å². The summed E-state index contributed by atoms with van der Waals surface area (Å²) in [5.74, 6) is -0.311. The standard InChI is InChI=1S/C17H17N3O2/c1-12-5-2-3-7-14(12)15-16(21)19-9-10-20(15)17(22)13-6-4-8-18-11-13/h2-8,11,15H,9-10H2,1H3,(H,19,21)/t15-/m1/s1. The van der Waals surface area contributed by atoms with Crippen molar-refractivity contribution in [2.75, 3.05) is 13.1 Å². The van der Waals surface area contributed by atoms with Gasteiger partial charge in [0.1, 0.15) is 6.04 Å². The lowest BCUT2D eigenvalue weighted by Crippen LogP contribution is -2.52. The van der Waals surface area contributed by atoms with Gasteiger partial charge in [0, 0.05) is 25.5 Å². The van der Waals surface area contributed by atoms with Crippen molar-refractivity contribution in [1.29, 1.82) is 0 Å². The van der Waals surface area contributed by atoms with Crippen LogP contribution in [0.4, 0.5) is 0 Å². The number of nitrogens with zero attached hydrogens (tertiary/aromatic N) is 2. The van der Waals surface area contributed by atoms with Gasteiger partial charge < -0.3 is 10.2 Å². The molecule has 0 unspecified atom stereocenters. The number of carbonyl (C=O) groups is 2. The summed E-state index contributed by atoms with van der Waals surface area (Å²) in [5, 5.41) is 2.85. The molecule has 0 radical (unpaired) electrons. The van der Waals surface area contributed by atoms with Gasteiger partial charge >= 0.3 is 0 Å². The number of carbonyl (C=O) groups excluding carboxylic acids is 2. The molecule has 1 aromatic heterocycles. The maximum atomic E-state index is 12.7. The van der Waals surface area contributed by atoms with Gasteiger partial charge in [0.15, 0.2) is 0 Å². The van der Waals surface area contributed by atoms with E-state index in [-0.39, 0.29) is 11.8 Å². The lowest BCUT2D eigenvalue weighted by Gasteiger charge is -2.36. The Hall–Kier alpha value is -2.69. The summed E-state index contributed by atoms with van der Waals surface area (Å²) in [7, 11) is 0. The molecule has 22 heavy (non-hydrogen) atoms. The molecule has 1 fully saturated rings. The fourth-order valence-electron chi connectivity index (χ4n) is 2.74. The lowest BCUT2D eigenvalue weighted by molar-refractivity contribution is -0.128. The van der Waals surface area contributed by atoms with E-state index in [4.69, 9.17) is 0 Å². The van der Waals surface area contributed by atoms with Gasteiger partial charge in [-0.25, -0.2) is 0 Å². The van der Waals surface area contributed by atoms with Gasteiger partial charge in [-0.2, -0.15) is 0 Å².